The van der Waals surface area contributed by atoms with E-state index in [0.29, 0.717) is 11.7 Å². The molecule has 0 saturated heterocycles. The van der Waals surface area contributed by atoms with Crippen molar-refractivity contribution < 1.29 is 0 Å². The molecule has 4 aromatic carbocycles. The van der Waals surface area contributed by atoms with Crippen molar-refractivity contribution in [3.63, 3.8) is 0 Å². The van der Waals surface area contributed by atoms with Crippen LogP contribution in [0.2, 0.25) is 0 Å². The number of para-hydroxylation sites is 1. The summed E-state index contributed by atoms with van der Waals surface area (Å²) in [6.45, 7) is 0. The molecule has 2 N–H and O–H groups in total. The molecule has 3 heteroatoms. The molecule has 1 heterocycles. The molecule has 2 nitrogen and oxygen atoms in total. The third kappa shape index (κ3) is 2.73. The topological polar surface area (TPSA) is 38.9 Å². The van der Waals surface area contributed by atoms with E-state index in [1.165, 1.54) is 43.6 Å². The van der Waals surface area contributed by atoms with Gasteiger partial charge < -0.3 is 5.73 Å². The molecule has 1 unspecified atom stereocenters. The van der Waals surface area contributed by atoms with Crippen molar-refractivity contribution in [2.45, 2.75) is 25.2 Å². The summed E-state index contributed by atoms with van der Waals surface area (Å²) >= 11 is 3.81. The second-order valence-electron chi connectivity index (χ2n) is 8.30. The molecule has 1 aliphatic rings. The Balaban J connectivity index is 1.52. The predicted molar refractivity (Wildman–Crippen MR) is 130 cm³/mol. The van der Waals surface area contributed by atoms with Crippen LogP contribution < -0.4 is 5.73 Å². The summed E-state index contributed by atoms with van der Waals surface area (Å²) in [4.78, 5) is 4.69. The van der Waals surface area contributed by atoms with Gasteiger partial charge in [-0.3, -0.25) is 0 Å². The van der Waals surface area contributed by atoms with Gasteiger partial charge in [-0.2, -0.15) is 0 Å². The van der Waals surface area contributed by atoms with Gasteiger partial charge in [-0.25, -0.2) is 4.98 Å². The van der Waals surface area contributed by atoms with Crippen LogP contribution in [-0.4, -0.2) is 4.98 Å². The predicted octanol–water partition coefficient (Wildman–Crippen LogP) is 7.16. The Bertz CT molecular complexity index is 1450. The smallest absolute Gasteiger partial charge is 0.127 e. The molecule has 1 aliphatic carbocycles. The third-order valence-corrected chi connectivity index (χ3v) is 7.29. The number of nitrogen functional groups attached to an aromatic ring is 1. The van der Waals surface area contributed by atoms with Gasteiger partial charge in [0.05, 0.1) is 5.52 Å². The van der Waals surface area contributed by atoms with Crippen LogP contribution in [0.4, 0.5) is 5.82 Å². The summed E-state index contributed by atoms with van der Waals surface area (Å²) in [5.41, 5.74) is 11.5. The van der Waals surface area contributed by atoms with Crippen molar-refractivity contribution in [2.24, 2.45) is 0 Å². The fourth-order valence-electron chi connectivity index (χ4n) is 5.13. The van der Waals surface area contributed by atoms with Gasteiger partial charge in [0.25, 0.3) is 0 Å². The van der Waals surface area contributed by atoms with Crippen LogP contribution in [0, 0.1) is 0 Å². The first-order chi connectivity index (χ1) is 14.7. The minimum atomic E-state index is 0.394. The van der Waals surface area contributed by atoms with Crippen LogP contribution in [0.25, 0.3) is 32.4 Å². The summed E-state index contributed by atoms with van der Waals surface area (Å²) in [5.74, 6) is 1.07. The average molecular weight is 453 g/mol. The molecule has 0 aliphatic heterocycles. The molecule has 0 spiro atoms. The highest BCUT2D eigenvalue weighted by Gasteiger charge is 2.25. The first-order valence-electron chi connectivity index (χ1n) is 10.5. The van der Waals surface area contributed by atoms with Crippen LogP contribution in [0.1, 0.15) is 29.0 Å². The van der Waals surface area contributed by atoms with E-state index in [1.54, 1.807) is 0 Å². The molecule has 30 heavy (non-hydrogen) atoms. The van der Waals surface area contributed by atoms with E-state index < -0.39 is 0 Å². The molecule has 146 valence electrons. The number of aromatic nitrogens is 1. The lowest BCUT2D eigenvalue weighted by Crippen LogP contribution is -2.15. The standard InChI is InChI=1S/C27H21BrN2/c28-25-15-24-20(19-6-2-3-7-21(19)25)12-11-16-9-10-17(13-22(16)24)23-14-18-5-1-4-8-26(18)30-27(23)29/h1-8,11-12,14-15,17H,9-10,13H2,(H2,29,30). The summed E-state index contributed by atoms with van der Waals surface area (Å²) in [6, 6.07) is 26.1. The minimum absolute atomic E-state index is 0.394. The van der Waals surface area contributed by atoms with Crippen molar-refractivity contribution in [2.75, 3.05) is 5.73 Å². The monoisotopic (exact) mass is 452 g/mol. The lowest BCUT2D eigenvalue weighted by molar-refractivity contribution is 0.589. The number of hydrogen-bond donors (Lipinski definition) is 1. The zero-order chi connectivity index (χ0) is 20.2. The Morgan fingerprint density at radius 1 is 0.833 bits per heavy atom. The molecule has 0 bridgehead atoms. The van der Waals surface area contributed by atoms with Gasteiger partial charge >= 0.3 is 0 Å². The van der Waals surface area contributed by atoms with Gasteiger partial charge in [-0.15, -0.1) is 0 Å². The minimum Gasteiger partial charge on any atom is -0.383 e. The van der Waals surface area contributed by atoms with Gasteiger partial charge in [-0.1, -0.05) is 70.5 Å². The fourth-order valence-corrected chi connectivity index (χ4v) is 5.71. The lowest BCUT2D eigenvalue weighted by Gasteiger charge is -2.27. The van der Waals surface area contributed by atoms with E-state index in [1.807, 2.05) is 12.1 Å². The van der Waals surface area contributed by atoms with E-state index >= 15 is 0 Å². The van der Waals surface area contributed by atoms with Crippen molar-refractivity contribution in [1.82, 2.24) is 4.98 Å². The number of nitrogens with two attached hydrogens (primary N) is 1. The number of rotatable bonds is 1. The molecule has 0 saturated carbocycles. The molecular weight excluding hydrogens is 432 g/mol. The average Bonchev–Trinajstić information content (AvgIpc) is 2.78. The van der Waals surface area contributed by atoms with Crippen LogP contribution in [-0.2, 0) is 12.8 Å². The molecule has 0 fully saturated rings. The first kappa shape index (κ1) is 17.9. The maximum atomic E-state index is 6.43. The summed E-state index contributed by atoms with van der Waals surface area (Å²) in [7, 11) is 0. The second-order valence-corrected chi connectivity index (χ2v) is 9.15. The van der Waals surface area contributed by atoms with E-state index in [4.69, 9.17) is 10.7 Å². The number of benzene rings is 4. The first-order valence-corrected chi connectivity index (χ1v) is 11.3. The third-order valence-electron chi connectivity index (χ3n) is 6.64. The van der Waals surface area contributed by atoms with Gasteiger partial charge in [0.2, 0.25) is 0 Å². The lowest BCUT2D eigenvalue weighted by atomic mass is 9.78. The number of anilines is 1. The van der Waals surface area contributed by atoms with Crippen LogP contribution >= 0.6 is 15.9 Å². The Labute approximate surface area is 183 Å². The second kappa shape index (κ2) is 6.82. The highest BCUT2D eigenvalue weighted by Crippen LogP contribution is 2.41. The van der Waals surface area contributed by atoms with E-state index in [0.717, 1.165) is 29.3 Å². The molecule has 0 amide bonds. The van der Waals surface area contributed by atoms with Gasteiger partial charge in [-0.05, 0) is 81.6 Å². The number of hydrogen-bond acceptors (Lipinski definition) is 2. The Kier molecular flexibility index (Phi) is 4.07. The number of aryl methyl sites for hydroxylation is 1. The highest BCUT2D eigenvalue weighted by atomic mass is 79.9. The fraction of sp³-hybridized carbons (Fsp3) is 0.148. The van der Waals surface area contributed by atoms with Crippen molar-refractivity contribution >= 4 is 54.2 Å². The quantitative estimate of drug-likeness (QED) is 0.274. The number of nitrogens with zero attached hydrogens (tertiary/aromatic N) is 1. The Hall–Kier alpha value is -2.91. The Morgan fingerprint density at radius 3 is 2.50 bits per heavy atom. The number of pyridine rings is 1. The molecule has 1 atom stereocenters. The largest absolute Gasteiger partial charge is 0.383 e. The van der Waals surface area contributed by atoms with E-state index in [9.17, 15) is 0 Å². The summed E-state index contributed by atoms with van der Waals surface area (Å²) < 4.78 is 1.16. The SMILES string of the molecule is Nc1nc2ccccc2cc1C1CCc2ccc3c(cc(Br)c4ccccc43)c2C1. The van der Waals surface area contributed by atoms with Crippen molar-refractivity contribution in [3.05, 3.63) is 94.0 Å². The molecule has 5 aromatic rings. The summed E-state index contributed by atoms with van der Waals surface area (Å²) in [5, 5.41) is 6.42. The van der Waals surface area contributed by atoms with E-state index in [-0.39, 0.29) is 0 Å². The van der Waals surface area contributed by atoms with Gasteiger partial charge in [0.15, 0.2) is 0 Å². The molecular formula is C27H21BrN2. The molecule has 0 radical (unpaired) electrons. The van der Waals surface area contributed by atoms with Crippen molar-refractivity contribution in [3.8, 4) is 0 Å². The Morgan fingerprint density at radius 2 is 1.60 bits per heavy atom. The van der Waals surface area contributed by atoms with Crippen LogP contribution in [0.3, 0.4) is 0 Å². The van der Waals surface area contributed by atoms with E-state index in [2.05, 4.69) is 76.6 Å². The number of halogens is 1. The summed E-state index contributed by atoms with van der Waals surface area (Å²) in [6.07, 6.45) is 3.19. The maximum Gasteiger partial charge on any atom is 0.127 e. The zero-order valence-electron chi connectivity index (χ0n) is 16.5. The van der Waals surface area contributed by atoms with Crippen molar-refractivity contribution in [1.29, 1.82) is 0 Å². The van der Waals surface area contributed by atoms with Gasteiger partial charge in [0, 0.05) is 9.86 Å². The molecule has 6 rings (SSSR count). The normalized spacial score (nSPS) is 16.2. The van der Waals surface area contributed by atoms with Crippen LogP contribution in [0.15, 0.2) is 77.3 Å². The highest BCUT2D eigenvalue weighted by molar-refractivity contribution is 9.10. The number of fused-ring (bicyclic) bond motifs is 6. The van der Waals surface area contributed by atoms with Gasteiger partial charge in [0.1, 0.15) is 5.82 Å². The maximum absolute atomic E-state index is 6.43. The molecule has 1 aromatic heterocycles. The zero-order valence-corrected chi connectivity index (χ0v) is 18.1. The van der Waals surface area contributed by atoms with Crippen LogP contribution in [0.5, 0.6) is 0 Å².